The van der Waals surface area contributed by atoms with Gasteiger partial charge in [0.15, 0.2) is 17.5 Å². The van der Waals surface area contributed by atoms with E-state index >= 15 is 0 Å². The van der Waals surface area contributed by atoms with Crippen molar-refractivity contribution in [2.24, 2.45) is 0 Å². The van der Waals surface area contributed by atoms with Crippen molar-refractivity contribution in [2.75, 3.05) is 25.5 Å². The lowest BCUT2D eigenvalue weighted by Crippen LogP contribution is -2.38. The van der Waals surface area contributed by atoms with Crippen LogP contribution in [0.4, 0.5) is 18.9 Å². The number of carbonyl (C=O) groups is 2. The molecular weight excluding hydrogens is 373 g/mol. The molecule has 0 saturated carbocycles. The van der Waals surface area contributed by atoms with Gasteiger partial charge in [-0.25, -0.2) is 13.2 Å². The van der Waals surface area contributed by atoms with Gasteiger partial charge in [0.25, 0.3) is 5.91 Å². The standard InChI is InChI=1S/C20H21F3N2O3/c1-4-9-25(20(27)13-6-5-12(2)16(10-13)28-3)11-17(26)24-15-8-7-14(21)18(22)19(15)23/h5-8,10H,4,9,11H2,1-3H3,(H,24,26). The Morgan fingerprint density at radius 1 is 1.11 bits per heavy atom. The fourth-order valence-corrected chi connectivity index (χ4v) is 2.64. The van der Waals surface area contributed by atoms with Crippen molar-refractivity contribution in [1.29, 1.82) is 0 Å². The summed E-state index contributed by atoms with van der Waals surface area (Å²) in [6, 6.07) is 6.56. The zero-order valence-corrected chi connectivity index (χ0v) is 15.8. The topological polar surface area (TPSA) is 58.6 Å². The van der Waals surface area contributed by atoms with Gasteiger partial charge in [0.05, 0.1) is 12.8 Å². The molecule has 0 bridgehead atoms. The number of rotatable bonds is 7. The van der Waals surface area contributed by atoms with Crippen LogP contribution >= 0.6 is 0 Å². The molecule has 0 saturated heterocycles. The van der Waals surface area contributed by atoms with Crippen molar-refractivity contribution < 1.29 is 27.5 Å². The average molecular weight is 394 g/mol. The highest BCUT2D eigenvalue weighted by Crippen LogP contribution is 2.21. The van der Waals surface area contributed by atoms with Crippen molar-refractivity contribution in [1.82, 2.24) is 4.90 Å². The molecule has 0 fully saturated rings. The van der Waals surface area contributed by atoms with Gasteiger partial charge in [0.2, 0.25) is 5.91 Å². The first-order valence-electron chi connectivity index (χ1n) is 8.65. The third kappa shape index (κ3) is 4.82. The lowest BCUT2D eigenvalue weighted by Gasteiger charge is -2.22. The highest BCUT2D eigenvalue weighted by Gasteiger charge is 2.21. The summed E-state index contributed by atoms with van der Waals surface area (Å²) < 4.78 is 45.2. The van der Waals surface area contributed by atoms with E-state index in [1.54, 1.807) is 18.2 Å². The van der Waals surface area contributed by atoms with E-state index in [-0.39, 0.29) is 13.1 Å². The summed E-state index contributed by atoms with van der Waals surface area (Å²) in [6.07, 6.45) is 0.585. The van der Waals surface area contributed by atoms with Crippen molar-refractivity contribution in [2.45, 2.75) is 20.3 Å². The maximum absolute atomic E-state index is 13.7. The van der Waals surface area contributed by atoms with Crippen LogP contribution in [0.2, 0.25) is 0 Å². The maximum Gasteiger partial charge on any atom is 0.254 e. The molecule has 0 spiro atoms. The van der Waals surface area contributed by atoms with E-state index in [0.717, 1.165) is 11.6 Å². The lowest BCUT2D eigenvalue weighted by molar-refractivity contribution is -0.116. The summed E-state index contributed by atoms with van der Waals surface area (Å²) in [5.74, 6) is -5.12. The Bertz CT molecular complexity index is 887. The smallest absolute Gasteiger partial charge is 0.254 e. The monoisotopic (exact) mass is 394 g/mol. The van der Waals surface area contributed by atoms with Crippen molar-refractivity contribution in [3.05, 3.63) is 58.9 Å². The summed E-state index contributed by atoms with van der Waals surface area (Å²) >= 11 is 0. The molecule has 0 heterocycles. The molecule has 2 amide bonds. The van der Waals surface area contributed by atoms with Gasteiger partial charge in [-0.3, -0.25) is 9.59 Å². The third-order valence-electron chi connectivity index (χ3n) is 4.08. The Morgan fingerprint density at radius 2 is 1.82 bits per heavy atom. The number of amides is 2. The van der Waals surface area contributed by atoms with Crippen LogP contribution in [-0.4, -0.2) is 36.9 Å². The molecule has 2 rings (SSSR count). The summed E-state index contributed by atoms with van der Waals surface area (Å²) in [5, 5.41) is 2.17. The number of anilines is 1. The second-order valence-electron chi connectivity index (χ2n) is 6.18. The molecule has 1 N–H and O–H groups in total. The number of nitrogens with zero attached hydrogens (tertiary/aromatic N) is 1. The van der Waals surface area contributed by atoms with Gasteiger partial charge in [-0.2, -0.15) is 0 Å². The normalized spacial score (nSPS) is 10.5. The van der Waals surface area contributed by atoms with Crippen LogP contribution < -0.4 is 10.1 Å². The highest BCUT2D eigenvalue weighted by molar-refractivity contribution is 5.99. The Balaban J connectivity index is 2.17. The Kier molecular flexibility index (Phi) is 7.03. The zero-order valence-electron chi connectivity index (χ0n) is 15.8. The van der Waals surface area contributed by atoms with Gasteiger partial charge >= 0.3 is 0 Å². The first kappa shape index (κ1) is 21.3. The molecule has 0 unspecified atom stereocenters. The molecule has 0 atom stereocenters. The van der Waals surface area contributed by atoms with Crippen LogP contribution in [0.15, 0.2) is 30.3 Å². The fourth-order valence-electron chi connectivity index (χ4n) is 2.64. The number of methoxy groups -OCH3 is 1. The molecule has 28 heavy (non-hydrogen) atoms. The number of hydrogen-bond acceptors (Lipinski definition) is 3. The van der Waals surface area contributed by atoms with Crippen molar-refractivity contribution in [3.8, 4) is 5.75 Å². The molecule has 0 radical (unpaired) electrons. The lowest BCUT2D eigenvalue weighted by atomic mass is 10.1. The second-order valence-corrected chi connectivity index (χ2v) is 6.18. The molecule has 150 valence electrons. The molecule has 8 heteroatoms. The van der Waals surface area contributed by atoms with Crippen LogP contribution in [0, 0.1) is 24.4 Å². The number of aryl methyl sites for hydroxylation is 1. The van der Waals surface area contributed by atoms with Crippen molar-refractivity contribution in [3.63, 3.8) is 0 Å². The summed E-state index contributed by atoms with van der Waals surface area (Å²) in [5.41, 5.74) is 0.695. The molecule has 2 aromatic carbocycles. The largest absolute Gasteiger partial charge is 0.496 e. The van der Waals surface area contributed by atoms with Gasteiger partial charge in [-0.05, 0) is 43.2 Å². The van der Waals surface area contributed by atoms with Gasteiger partial charge in [0.1, 0.15) is 12.3 Å². The van der Waals surface area contributed by atoms with E-state index in [1.165, 1.54) is 12.0 Å². The molecule has 0 aliphatic heterocycles. The Hall–Kier alpha value is -3.03. The number of benzene rings is 2. The molecule has 0 aliphatic rings. The van der Waals surface area contributed by atoms with Crippen LogP contribution in [-0.2, 0) is 4.79 Å². The van der Waals surface area contributed by atoms with E-state index in [2.05, 4.69) is 5.32 Å². The fraction of sp³-hybridized carbons (Fsp3) is 0.300. The zero-order chi connectivity index (χ0) is 20.8. The van der Waals surface area contributed by atoms with Crippen LogP contribution in [0.5, 0.6) is 5.75 Å². The summed E-state index contributed by atoms with van der Waals surface area (Å²) in [6.45, 7) is 3.58. The SMILES string of the molecule is CCCN(CC(=O)Nc1ccc(F)c(F)c1F)C(=O)c1ccc(C)c(OC)c1. The van der Waals surface area contributed by atoms with Crippen LogP contribution in [0.1, 0.15) is 29.3 Å². The predicted molar refractivity (Wildman–Crippen MR) is 98.9 cm³/mol. The van der Waals surface area contributed by atoms with Gasteiger partial charge in [-0.1, -0.05) is 13.0 Å². The predicted octanol–water partition coefficient (Wildman–Crippen LogP) is 3.91. The molecule has 5 nitrogen and oxygen atoms in total. The number of ether oxygens (including phenoxy) is 1. The first-order valence-corrected chi connectivity index (χ1v) is 8.65. The number of hydrogen-bond donors (Lipinski definition) is 1. The van der Waals surface area contributed by atoms with E-state index < -0.39 is 35.0 Å². The Morgan fingerprint density at radius 3 is 2.46 bits per heavy atom. The second kappa shape index (κ2) is 9.25. The van der Waals surface area contributed by atoms with Crippen LogP contribution in [0.25, 0.3) is 0 Å². The first-order chi connectivity index (χ1) is 13.3. The quantitative estimate of drug-likeness (QED) is 0.725. The average Bonchev–Trinajstić information content (AvgIpc) is 2.68. The Labute approximate surface area is 161 Å². The van der Waals surface area contributed by atoms with Gasteiger partial charge in [-0.15, -0.1) is 0 Å². The third-order valence-corrected chi connectivity index (χ3v) is 4.08. The number of nitrogens with one attached hydrogen (secondary N) is 1. The van der Waals surface area contributed by atoms with Crippen molar-refractivity contribution >= 4 is 17.5 Å². The minimum absolute atomic E-state index is 0.280. The van der Waals surface area contributed by atoms with Gasteiger partial charge in [0, 0.05) is 12.1 Å². The van der Waals surface area contributed by atoms with E-state index in [9.17, 15) is 22.8 Å². The number of carbonyl (C=O) groups excluding carboxylic acids is 2. The van der Waals surface area contributed by atoms with E-state index in [1.807, 2.05) is 13.8 Å². The van der Waals surface area contributed by atoms with E-state index in [4.69, 9.17) is 4.74 Å². The molecule has 0 aliphatic carbocycles. The minimum atomic E-state index is -1.67. The highest BCUT2D eigenvalue weighted by atomic mass is 19.2. The minimum Gasteiger partial charge on any atom is -0.496 e. The van der Waals surface area contributed by atoms with E-state index in [0.29, 0.717) is 23.8 Å². The summed E-state index contributed by atoms with van der Waals surface area (Å²) in [7, 11) is 1.49. The number of halogens is 3. The summed E-state index contributed by atoms with van der Waals surface area (Å²) in [4.78, 5) is 26.3. The molecule has 0 aromatic heterocycles. The van der Waals surface area contributed by atoms with Crippen LogP contribution in [0.3, 0.4) is 0 Å². The molecule has 2 aromatic rings. The van der Waals surface area contributed by atoms with Gasteiger partial charge < -0.3 is 15.0 Å². The maximum atomic E-state index is 13.7. The molecular formula is C20H21F3N2O3.